The van der Waals surface area contributed by atoms with Crippen molar-refractivity contribution in [1.82, 2.24) is 23.6 Å². The number of pyridine rings is 1. The van der Waals surface area contributed by atoms with Gasteiger partial charge in [-0.15, -0.1) is 0 Å². The Morgan fingerprint density at radius 1 is 1.12 bits per heavy atom. The monoisotopic (exact) mass is 591 g/mol. The van der Waals surface area contributed by atoms with E-state index in [-0.39, 0.29) is 40.9 Å². The van der Waals surface area contributed by atoms with Crippen molar-refractivity contribution in [3.63, 3.8) is 0 Å². The standard InChI is InChI=1S/C30H37N7O6/c1-19(2)10-14-36-24-23(33(6)28(41)37(26(24)38)18-22-20(27(39)40)9-7-11-32-22)21(17-31)25(36)34-12-8-13-35(16-15-34)29(42)43-30(3,4)5/h7,9-11H,8,12-16,18H2,1-6H3,(H,39,40). The minimum atomic E-state index is -1.23. The van der Waals surface area contributed by atoms with Gasteiger partial charge in [0.05, 0.1) is 23.3 Å². The molecule has 1 fully saturated rings. The van der Waals surface area contributed by atoms with Crippen molar-refractivity contribution in [3.8, 4) is 6.07 Å². The van der Waals surface area contributed by atoms with Crippen molar-refractivity contribution in [3.05, 3.63) is 67.6 Å². The molecule has 0 aliphatic carbocycles. The lowest BCUT2D eigenvalue weighted by Crippen LogP contribution is -2.40. The molecule has 0 saturated carbocycles. The van der Waals surface area contributed by atoms with Crippen LogP contribution in [0.2, 0.25) is 0 Å². The Morgan fingerprint density at radius 2 is 1.84 bits per heavy atom. The summed E-state index contributed by atoms with van der Waals surface area (Å²) in [5, 5.41) is 20.0. The van der Waals surface area contributed by atoms with Crippen molar-refractivity contribution < 1.29 is 19.4 Å². The second kappa shape index (κ2) is 12.2. The first kappa shape index (κ1) is 31.1. The van der Waals surface area contributed by atoms with E-state index in [0.717, 1.165) is 10.1 Å². The molecule has 0 bridgehead atoms. The number of carboxylic acid groups (broad SMARTS) is 1. The van der Waals surface area contributed by atoms with Crippen LogP contribution in [0, 0.1) is 11.3 Å². The molecule has 0 atom stereocenters. The minimum Gasteiger partial charge on any atom is -0.478 e. The summed E-state index contributed by atoms with van der Waals surface area (Å²) in [4.78, 5) is 60.0. The summed E-state index contributed by atoms with van der Waals surface area (Å²) < 4.78 is 9.51. The number of amides is 1. The van der Waals surface area contributed by atoms with Crippen molar-refractivity contribution >= 4 is 28.9 Å². The van der Waals surface area contributed by atoms with E-state index >= 15 is 0 Å². The van der Waals surface area contributed by atoms with Crippen LogP contribution in [0.25, 0.3) is 11.0 Å². The molecule has 43 heavy (non-hydrogen) atoms. The Labute approximate surface area is 248 Å². The van der Waals surface area contributed by atoms with Crippen molar-refractivity contribution in [2.45, 2.75) is 59.7 Å². The molecule has 0 spiro atoms. The molecule has 1 saturated heterocycles. The van der Waals surface area contributed by atoms with Gasteiger partial charge in [-0.2, -0.15) is 5.26 Å². The van der Waals surface area contributed by atoms with Gasteiger partial charge in [0.1, 0.15) is 28.6 Å². The second-order valence-corrected chi connectivity index (χ2v) is 11.7. The molecular formula is C30H37N7O6. The number of rotatable bonds is 6. The van der Waals surface area contributed by atoms with E-state index in [0.29, 0.717) is 38.4 Å². The van der Waals surface area contributed by atoms with E-state index in [4.69, 9.17) is 4.74 Å². The number of carbonyl (C=O) groups is 2. The maximum Gasteiger partial charge on any atom is 0.410 e. The van der Waals surface area contributed by atoms with Gasteiger partial charge in [-0.1, -0.05) is 11.6 Å². The Balaban J connectivity index is 1.90. The summed E-state index contributed by atoms with van der Waals surface area (Å²) in [6, 6.07) is 5.07. The number of aromatic nitrogens is 4. The van der Waals surface area contributed by atoms with Crippen molar-refractivity contribution in [2.75, 3.05) is 31.1 Å². The number of hydrogen-bond acceptors (Lipinski definition) is 8. The highest BCUT2D eigenvalue weighted by Gasteiger charge is 2.31. The highest BCUT2D eigenvalue weighted by atomic mass is 16.6. The number of anilines is 1. The molecule has 0 aromatic carbocycles. The molecule has 4 rings (SSSR count). The zero-order valence-electron chi connectivity index (χ0n) is 25.4. The van der Waals surface area contributed by atoms with E-state index < -0.39 is 28.9 Å². The molecule has 1 aliphatic rings. The average Bonchev–Trinajstić information content (AvgIpc) is 3.07. The fourth-order valence-electron chi connectivity index (χ4n) is 5.20. The molecule has 1 amide bonds. The molecule has 0 unspecified atom stereocenters. The first-order valence-corrected chi connectivity index (χ1v) is 14.0. The number of carbonyl (C=O) groups excluding carboxylic acids is 1. The van der Waals surface area contributed by atoms with Crippen LogP contribution in [-0.4, -0.2) is 72.5 Å². The number of allylic oxidation sites excluding steroid dienone is 2. The Hall–Kier alpha value is -4.86. The summed E-state index contributed by atoms with van der Waals surface area (Å²) >= 11 is 0. The van der Waals surface area contributed by atoms with Crippen LogP contribution in [0.15, 0.2) is 39.6 Å². The van der Waals surface area contributed by atoms with Gasteiger partial charge in [-0.05, 0) is 53.2 Å². The summed E-state index contributed by atoms with van der Waals surface area (Å²) in [6.07, 6.45) is 3.50. The fraction of sp³-hybridized carbons (Fsp3) is 0.467. The average molecular weight is 592 g/mol. The van der Waals surface area contributed by atoms with Gasteiger partial charge >= 0.3 is 17.8 Å². The minimum absolute atomic E-state index is 0.0615. The van der Waals surface area contributed by atoms with Crippen molar-refractivity contribution in [2.24, 2.45) is 7.05 Å². The molecule has 3 aromatic rings. The number of ether oxygens (including phenoxy) is 1. The third kappa shape index (κ3) is 6.33. The van der Waals surface area contributed by atoms with Crippen LogP contribution in [0.4, 0.5) is 10.6 Å². The third-order valence-corrected chi connectivity index (χ3v) is 7.18. The normalized spacial score (nSPS) is 13.9. The number of nitrogens with zero attached hydrogens (tertiary/aromatic N) is 7. The van der Waals surface area contributed by atoms with E-state index in [1.54, 1.807) is 9.47 Å². The Morgan fingerprint density at radius 3 is 2.47 bits per heavy atom. The topological polar surface area (TPSA) is 156 Å². The second-order valence-electron chi connectivity index (χ2n) is 11.7. The van der Waals surface area contributed by atoms with Crippen LogP contribution in [0.5, 0.6) is 0 Å². The van der Waals surface area contributed by atoms with Gasteiger partial charge < -0.3 is 24.2 Å². The van der Waals surface area contributed by atoms with Gasteiger partial charge in [0, 0.05) is 46.0 Å². The summed E-state index contributed by atoms with van der Waals surface area (Å²) in [7, 11) is 1.49. The van der Waals surface area contributed by atoms with Gasteiger partial charge in [-0.25, -0.2) is 14.4 Å². The van der Waals surface area contributed by atoms with E-state index in [1.165, 1.54) is 29.9 Å². The SMILES string of the molecule is CC(C)=CCn1c(N2CCCN(C(=O)OC(C)(C)C)CC2)c(C#N)c2c1c(=O)n(Cc1ncccc1C(=O)O)c(=O)n2C. The lowest BCUT2D eigenvalue weighted by atomic mass is 10.2. The zero-order valence-corrected chi connectivity index (χ0v) is 25.4. The Kier molecular flexibility index (Phi) is 8.80. The summed E-state index contributed by atoms with van der Waals surface area (Å²) in [5.41, 5.74) is -0.548. The molecule has 4 heterocycles. The van der Waals surface area contributed by atoms with Gasteiger partial charge in [0.25, 0.3) is 5.56 Å². The molecule has 0 radical (unpaired) electrons. The maximum atomic E-state index is 14.1. The highest BCUT2D eigenvalue weighted by molar-refractivity contribution is 5.90. The van der Waals surface area contributed by atoms with Gasteiger partial charge in [0.15, 0.2) is 0 Å². The first-order chi connectivity index (χ1) is 20.2. The third-order valence-electron chi connectivity index (χ3n) is 7.18. The lowest BCUT2D eigenvalue weighted by Gasteiger charge is -2.27. The summed E-state index contributed by atoms with van der Waals surface area (Å²) in [6.45, 7) is 10.8. The molecule has 13 nitrogen and oxygen atoms in total. The predicted octanol–water partition coefficient (Wildman–Crippen LogP) is 2.93. The first-order valence-electron chi connectivity index (χ1n) is 14.0. The van der Waals surface area contributed by atoms with Crippen LogP contribution < -0.4 is 16.1 Å². The number of nitriles is 1. The molecular weight excluding hydrogens is 554 g/mol. The smallest absolute Gasteiger partial charge is 0.410 e. The van der Waals surface area contributed by atoms with E-state index in [1.807, 2.05) is 45.6 Å². The van der Waals surface area contributed by atoms with Crippen LogP contribution in [0.3, 0.4) is 0 Å². The Bertz CT molecular complexity index is 1760. The van der Waals surface area contributed by atoms with E-state index in [2.05, 4.69) is 11.1 Å². The highest BCUT2D eigenvalue weighted by Crippen LogP contribution is 2.31. The predicted molar refractivity (Wildman–Crippen MR) is 161 cm³/mol. The largest absolute Gasteiger partial charge is 0.478 e. The zero-order chi connectivity index (χ0) is 31.6. The number of fused-ring (bicyclic) bond motifs is 1. The van der Waals surface area contributed by atoms with Crippen LogP contribution >= 0.6 is 0 Å². The molecule has 3 aromatic heterocycles. The van der Waals surface area contributed by atoms with Gasteiger partial charge in [0.2, 0.25) is 0 Å². The van der Waals surface area contributed by atoms with Crippen molar-refractivity contribution in [1.29, 1.82) is 5.26 Å². The number of carboxylic acids is 1. The number of hydrogen-bond donors (Lipinski definition) is 1. The quantitative estimate of drug-likeness (QED) is 0.426. The lowest BCUT2D eigenvalue weighted by molar-refractivity contribution is 0.0263. The molecule has 13 heteroatoms. The summed E-state index contributed by atoms with van der Waals surface area (Å²) in [5.74, 6) is -0.744. The van der Waals surface area contributed by atoms with Crippen LogP contribution in [0.1, 0.15) is 62.7 Å². The number of aromatic carboxylic acids is 1. The fourth-order valence-corrected chi connectivity index (χ4v) is 5.20. The molecule has 1 N–H and O–H groups in total. The molecule has 228 valence electrons. The van der Waals surface area contributed by atoms with E-state index in [9.17, 15) is 29.5 Å². The van der Waals surface area contributed by atoms with Crippen LogP contribution in [-0.2, 0) is 24.9 Å². The van der Waals surface area contributed by atoms with Gasteiger partial charge in [-0.3, -0.25) is 18.9 Å². The number of aryl methyl sites for hydroxylation is 1. The molecule has 1 aliphatic heterocycles. The maximum absolute atomic E-state index is 14.1.